The summed E-state index contributed by atoms with van der Waals surface area (Å²) in [6, 6.07) is 4.70. The first kappa shape index (κ1) is 14.3. The molecule has 19 heavy (non-hydrogen) atoms. The molecular weight excluding hydrogens is 264 g/mol. The van der Waals surface area contributed by atoms with Crippen molar-refractivity contribution in [2.45, 2.75) is 50.5 Å². The molecule has 0 aliphatic heterocycles. The van der Waals surface area contributed by atoms with Gasteiger partial charge in [0, 0.05) is 22.2 Å². The Kier molecular flexibility index (Phi) is 4.42. The van der Waals surface area contributed by atoms with Crippen LogP contribution in [0.5, 0.6) is 0 Å². The Bertz CT molecular complexity index is 469. The molecule has 0 amide bonds. The molecule has 0 radical (unpaired) electrons. The van der Waals surface area contributed by atoms with Gasteiger partial charge in [-0.2, -0.15) is 0 Å². The van der Waals surface area contributed by atoms with Crippen LogP contribution in [0.1, 0.15) is 44.1 Å². The molecule has 1 saturated carbocycles. The monoisotopic (exact) mass is 282 g/mol. The van der Waals surface area contributed by atoms with Crippen molar-refractivity contribution in [3.8, 4) is 0 Å². The van der Waals surface area contributed by atoms with Crippen molar-refractivity contribution in [2.75, 3.05) is 0 Å². The van der Waals surface area contributed by atoms with Crippen LogP contribution in [0.4, 0.5) is 5.69 Å². The van der Waals surface area contributed by atoms with Gasteiger partial charge in [0.25, 0.3) is 5.69 Å². The zero-order valence-electron chi connectivity index (χ0n) is 10.9. The van der Waals surface area contributed by atoms with E-state index in [0.29, 0.717) is 17.0 Å². The highest BCUT2D eigenvalue weighted by Crippen LogP contribution is 2.32. The Labute approximate surface area is 118 Å². The molecule has 1 aromatic rings. The highest BCUT2D eigenvalue weighted by Gasteiger charge is 2.29. The number of nitro groups is 1. The predicted molar refractivity (Wildman–Crippen MR) is 76.4 cm³/mol. The molecule has 2 N–H and O–H groups in total. The quantitative estimate of drug-likeness (QED) is 0.520. The lowest BCUT2D eigenvalue weighted by molar-refractivity contribution is -0.385. The van der Waals surface area contributed by atoms with E-state index in [4.69, 9.17) is 17.3 Å². The lowest BCUT2D eigenvalue weighted by atomic mass is 9.84. The maximum atomic E-state index is 11.1. The van der Waals surface area contributed by atoms with E-state index in [9.17, 15) is 10.1 Å². The molecule has 0 bridgehead atoms. The molecule has 0 aromatic heterocycles. The summed E-state index contributed by atoms with van der Waals surface area (Å²) in [4.78, 5) is 10.7. The summed E-state index contributed by atoms with van der Waals surface area (Å²) in [5.41, 5.74) is 6.90. The van der Waals surface area contributed by atoms with Crippen LogP contribution in [-0.4, -0.2) is 10.5 Å². The van der Waals surface area contributed by atoms with Gasteiger partial charge in [0.15, 0.2) is 0 Å². The van der Waals surface area contributed by atoms with Crippen LogP contribution in [-0.2, 0) is 6.42 Å². The average molecular weight is 283 g/mol. The smallest absolute Gasteiger partial charge is 0.272 e. The van der Waals surface area contributed by atoms with Crippen molar-refractivity contribution in [3.63, 3.8) is 0 Å². The van der Waals surface area contributed by atoms with Crippen LogP contribution in [0.3, 0.4) is 0 Å². The minimum absolute atomic E-state index is 0.124. The number of nitrogens with zero attached hydrogens (tertiary/aromatic N) is 1. The molecule has 0 spiro atoms. The maximum absolute atomic E-state index is 11.1. The van der Waals surface area contributed by atoms with Crippen molar-refractivity contribution in [1.29, 1.82) is 0 Å². The van der Waals surface area contributed by atoms with Crippen LogP contribution in [0.25, 0.3) is 0 Å². The molecule has 104 valence electrons. The number of hydrogen-bond acceptors (Lipinski definition) is 3. The van der Waals surface area contributed by atoms with E-state index >= 15 is 0 Å². The summed E-state index contributed by atoms with van der Waals surface area (Å²) < 4.78 is 0. The lowest BCUT2D eigenvalue weighted by Crippen LogP contribution is -2.41. The Morgan fingerprint density at radius 2 is 1.89 bits per heavy atom. The molecule has 4 nitrogen and oxygen atoms in total. The lowest BCUT2D eigenvalue weighted by Gasteiger charge is -2.28. The number of halogens is 1. The largest absolute Gasteiger partial charge is 0.325 e. The number of benzene rings is 1. The minimum atomic E-state index is -0.355. The third kappa shape index (κ3) is 3.67. The summed E-state index contributed by atoms with van der Waals surface area (Å²) in [6.45, 7) is 0. The fourth-order valence-corrected chi connectivity index (χ4v) is 3.06. The van der Waals surface area contributed by atoms with E-state index in [1.54, 1.807) is 12.1 Å². The Hall–Kier alpha value is -1.13. The second kappa shape index (κ2) is 5.88. The van der Waals surface area contributed by atoms with Gasteiger partial charge in [-0.05, 0) is 31.4 Å². The van der Waals surface area contributed by atoms with E-state index < -0.39 is 0 Å². The molecule has 0 atom stereocenters. The fourth-order valence-electron chi connectivity index (χ4n) is 2.86. The van der Waals surface area contributed by atoms with Gasteiger partial charge in [-0.3, -0.25) is 10.1 Å². The van der Waals surface area contributed by atoms with Crippen molar-refractivity contribution in [3.05, 3.63) is 38.9 Å². The third-order valence-electron chi connectivity index (χ3n) is 3.88. The number of rotatable bonds is 3. The first-order chi connectivity index (χ1) is 9.00. The molecule has 1 aromatic carbocycles. The molecule has 0 unspecified atom stereocenters. The second-order valence-corrected chi connectivity index (χ2v) is 5.92. The van der Waals surface area contributed by atoms with E-state index in [0.717, 1.165) is 25.7 Å². The van der Waals surface area contributed by atoms with Gasteiger partial charge < -0.3 is 5.73 Å². The standard InChI is InChI=1S/C14H19ClN2O2/c15-12-5-6-13(17(18)19)11(9-12)10-14(16)7-3-1-2-4-8-14/h5-6,9H,1-4,7-8,10,16H2. The molecular formula is C14H19ClN2O2. The van der Waals surface area contributed by atoms with E-state index in [2.05, 4.69) is 0 Å². The van der Waals surface area contributed by atoms with Crippen molar-refractivity contribution in [2.24, 2.45) is 5.73 Å². The molecule has 1 aliphatic carbocycles. The minimum Gasteiger partial charge on any atom is -0.325 e. The summed E-state index contributed by atoms with van der Waals surface area (Å²) in [6.07, 6.45) is 7.00. The first-order valence-electron chi connectivity index (χ1n) is 6.72. The Morgan fingerprint density at radius 1 is 1.26 bits per heavy atom. The van der Waals surface area contributed by atoms with Crippen molar-refractivity contribution < 1.29 is 4.92 Å². The van der Waals surface area contributed by atoms with E-state index in [1.165, 1.54) is 18.9 Å². The number of nitrogens with two attached hydrogens (primary N) is 1. The van der Waals surface area contributed by atoms with Gasteiger partial charge in [-0.1, -0.05) is 37.3 Å². The average Bonchev–Trinajstić information content (AvgIpc) is 2.53. The van der Waals surface area contributed by atoms with Gasteiger partial charge in [0.1, 0.15) is 0 Å². The molecule has 2 rings (SSSR count). The Balaban J connectivity index is 2.26. The summed E-state index contributed by atoms with van der Waals surface area (Å²) in [5, 5.41) is 11.6. The second-order valence-electron chi connectivity index (χ2n) is 5.48. The zero-order chi connectivity index (χ0) is 13.9. The highest BCUT2D eigenvalue weighted by molar-refractivity contribution is 6.30. The van der Waals surface area contributed by atoms with Crippen LogP contribution in [0.2, 0.25) is 5.02 Å². The van der Waals surface area contributed by atoms with Crippen LogP contribution in [0, 0.1) is 10.1 Å². The molecule has 0 heterocycles. The van der Waals surface area contributed by atoms with Gasteiger partial charge in [-0.15, -0.1) is 0 Å². The number of nitro benzene ring substituents is 1. The van der Waals surface area contributed by atoms with Gasteiger partial charge in [-0.25, -0.2) is 0 Å². The van der Waals surface area contributed by atoms with Crippen molar-refractivity contribution in [1.82, 2.24) is 0 Å². The molecule has 1 aliphatic rings. The molecule has 5 heteroatoms. The third-order valence-corrected chi connectivity index (χ3v) is 4.12. The first-order valence-corrected chi connectivity index (χ1v) is 7.10. The Morgan fingerprint density at radius 3 is 2.47 bits per heavy atom. The maximum Gasteiger partial charge on any atom is 0.272 e. The normalized spacial score (nSPS) is 18.8. The summed E-state index contributed by atoms with van der Waals surface area (Å²) >= 11 is 5.95. The topological polar surface area (TPSA) is 69.2 Å². The summed E-state index contributed by atoms with van der Waals surface area (Å²) in [5.74, 6) is 0. The van der Waals surface area contributed by atoms with Gasteiger partial charge in [0.05, 0.1) is 4.92 Å². The van der Waals surface area contributed by atoms with Crippen LogP contribution in [0.15, 0.2) is 18.2 Å². The fraction of sp³-hybridized carbons (Fsp3) is 0.571. The van der Waals surface area contributed by atoms with E-state index in [1.807, 2.05) is 0 Å². The predicted octanol–water partition coefficient (Wildman–Crippen LogP) is 3.84. The molecule has 0 saturated heterocycles. The SMILES string of the molecule is NC1(Cc2cc(Cl)ccc2[N+](=O)[O-])CCCCCC1. The summed E-state index contributed by atoms with van der Waals surface area (Å²) in [7, 11) is 0. The van der Waals surface area contributed by atoms with Crippen molar-refractivity contribution >= 4 is 17.3 Å². The van der Waals surface area contributed by atoms with Gasteiger partial charge >= 0.3 is 0 Å². The highest BCUT2D eigenvalue weighted by atomic mass is 35.5. The molecule has 1 fully saturated rings. The zero-order valence-corrected chi connectivity index (χ0v) is 11.7. The number of hydrogen-bond donors (Lipinski definition) is 1. The van der Waals surface area contributed by atoms with Crippen LogP contribution < -0.4 is 5.73 Å². The van der Waals surface area contributed by atoms with Crippen LogP contribution >= 0.6 is 11.6 Å². The van der Waals surface area contributed by atoms with Gasteiger partial charge in [0.2, 0.25) is 0 Å². The van der Waals surface area contributed by atoms with E-state index in [-0.39, 0.29) is 16.1 Å².